The van der Waals surface area contributed by atoms with Gasteiger partial charge in [0.25, 0.3) is 0 Å². The van der Waals surface area contributed by atoms with Crippen LogP contribution in [0.25, 0.3) is 0 Å². The average Bonchev–Trinajstić information content (AvgIpc) is 2.83. The lowest BCUT2D eigenvalue weighted by Gasteiger charge is -2.32. The molecule has 0 N–H and O–H groups in total. The Morgan fingerprint density at radius 3 is 2.95 bits per heavy atom. The van der Waals surface area contributed by atoms with Gasteiger partial charge in [-0.2, -0.15) is 0 Å². The van der Waals surface area contributed by atoms with Crippen molar-refractivity contribution < 1.29 is 0 Å². The van der Waals surface area contributed by atoms with Crippen molar-refractivity contribution in [3.05, 3.63) is 45.4 Å². The maximum absolute atomic E-state index is 4.23. The van der Waals surface area contributed by atoms with Crippen LogP contribution in [0.3, 0.4) is 0 Å². The summed E-state index contributed by atoms with van der Waals surface area (Å²) in [6.45, 7) is 2.90. The highest BCUT2D eigenvalue weighted by atomic mass is 32.1. The van der Waals surface area contributed by atoms with Gasteiger partial charge in [-0.1, -0.05) is 24.3 Å². The van der Waals surface area contributed by atoms with Gasteiger partial charge in [0.2, 0.25) is 0 Å². The van der Waals surface area contributed by atoms with Crippen molar-refractivity contribution in [2.45, 2.75) is 38.8 Å². The summed E-state index contributed by atoms with van der Waals surface area (Å²) in [4.78, 5) is 2.41. The zero-order chi connectivity index (χ0) is 13.2. The van der Waals surface area contributed by atoms with E-state index < -0.39 is 0 Å². The van der Waals surface area contributed by atoms with E-state index in [-0.39, 0.29) is 0 Å². The van der Waals surface area contributed by atoms with E-state index in [0.29, 0.717) is 6.04 Å². The molecule has 0 saturated carbocycles. The molecule has 0 radical (unpaired) electrons. The molecule has 3 nitrogen and oxygen atoms in total. The number of fused-ring (bicyclic) bond motifs is 1. The first-order valence-corrected chi connectivity index (χ1v) is 7.62. The molecule has 1 aromatic heterocycles. The van der Waals surface area contributed by atoms with Crippen LogP contribution < -0.4 is 0 Å². The molecule has 1 heterocycles. The van der Waals surface area contributed by atoms with E-state index in [9.17, 15) is 0 Å². The Bertz CT molecular complexity index is 564. The minimum atomic E-state index is 0.522. The standard InChI is InChI=1S/C15H19N3S/c1-11-16-17-15(19-11)10-18(2)14-9-5-7-12-6-3-4-8-13(12)14/h3-4,6,8,14H,5,7,9-10H2,1-2H3/t14-/m1/s1. The molecule has 1 atom stereocenters. The van der Waals surface area contributed by atoms with Gasteiger partial charge in [0.05, 0.1) is 6.54 Å². The van der Waals surface area contributed by atoms with Crippen LogP contribution >= 0.6 is 11.3 Å². The summed E-state index contributed by atoms with van der Waals surface area (Å²) in [5.74, 6) is 0. The largest absolute Gasteiger partial charge is 0.293 e. The average molecular weight is 273 g/mol. The van der Waals surface area contributed by atoms with Crippen molar-refractivity contribution in [2.24, 2.45) is 0 Å². The van der Waals surface area contributed by atoms with Gasteiger partial charge in [-0.15, -0.1) is 21.5 Å². The number of hydrogen-bond donors (Lipinski definition) is 0. The molecular formula is C15H19N3S. The molecule has 0 unspecified atom stereocenters. The Kier molecular flexibility index (Phi) is 3.62. The fraction of sp³-hybridized carbons (Fsp3) is 0.467. The van der Waals surface area contributed by atoms with Gasteiger partial charge in [0.1, 0.15) is 10.0 Å². The van der Waals surface area contributed by atoms with Gasteiger partial charge in [-0.3, -0.25) is 4.90 Å². The van der Waals surface area contributed by atoms with Crippen molar-refractivity contribution in [3.63, 3.8) is 0 Å². The highest BCUT2D eigenvalue weighted by molar-refractivity contribution is 7.11. The lowest BCUT2D eigenvalue weighted by molar-refractivity contribution is 0.212. The predicted molar refractivity (Wildman–Crippen MR) is 78.2 cm³/mol. The number of aromatic nitrogens is 2. The van der Waals surface area contributed by atoms with Gasteiger partial charge in [0, 0.05) is 6.04 Å². The SMILES string of the molecule is Cc1nnc(CN(C)[C@@H]2CCCc3ccccc32)s1. The van der Waals surface area contributed by atoms with Crippen molar-refractivity contribution in [1.29, 1.82) is 0 Å². The zero-order valence-electron chi connectivity index (χ0n) is 11.5. The summed E-state index contributed by atoms with van der Waals surface area (Å²) >= 11 is 1.70. The number of aryl methyl sites for hydroxylation is 2. The molecule has 1 aliphatic rings. The van der Waals surface area contributed by atoms with Crippen LogP contribution in [-0.4, -0.2) is 22.1 Å². The first-order chi connectivity index (χ1) is 9.24. The fourth-order valence-corrected chi connectivity index (χ4v) is 3.68. The van der Waals surface area contributed by atoms with Gasteiger partial charge < -0.3 is 0 Å². The first-order valence-electron chi connectivity index (χ1n) is 6.81. The summed E-state index contributed by atoms with van der Waals surface area (Å²) in [6, 6.07) is 9.37. The minimum Gasteiger partial charge on any atom is -0.293 e. The molecule has 0 fully saturated rings. The highest BCUT2D eigenvalue weighted by Crippen LogP contribution is 2.34. The normalized spacial score (nSPS) is 18.6. The van der Waals surface area contributed by atoms with E-state index in [2.05, 4.69) is 46.4 Å². The van der Waals surface area contributed by atoms with Gasteiger partial charge in [-0.25, -0.2) is 0 Å². The van der Waals surface area contributed by atoms with Crippen LogP contribution in [-0.2, 0) is 13.0 Å². The van der Waals surface area contributed by atoms with Crippen molar-refractivity contribution in [3.8, 4) is 0 Å². The zero-order valence-corrected chi connectivity index (χ0v) is 12.3. The molecule has 19 heavy (non-hydrogen) atoms. The van der Waals surface area contributed by atoms with Crippen LogP contribution in [0.15, 0.2) is 24.3 Å². The maximum Gasteiger partial charge on any atom is 0.131 e. The molecule has 1 aromatic carbocycles. The van der Waals surface area contributed by atoms with Crippen molar-refractivity contribution >= 4 is 11.3 Å². The Morgan fingerprint density at radius 2 is 2.16 bits per heavy atom. The molecule has 2 aromatic rings. The van der Waals surface area contributed by atoms with Gasteiger partial charge >= 0.3 is 0 Å². The van der Waals surface area contributed by atoms with Crippen LogP contribution in [0, 0.1) is 6.92 Å². The third-order valence-electron chi connectivity index (χ3n) is 3.82. The van der Waals surface area contributed by atoms with E-state index in [1.807, 2.05) is 6.92 Å². The summed E-state index contributed by atoms with van der Waals surface area (Å²) in [5, 5.41) is 10.5. The fourth-order valence-electron chi connectivity index (χ4n) is 2.91. The van der Waals surface area contributed by atoms with E-state index in [1.54, 1.807) is 11.3 Å². The molecule has 1 aliphatic carbocycles. The molecule has 0 saturated heterocycles. The Labute approximate surface area is 118 Å². The number of hydrogen-bond acceptors (Lipinski definition) is 4. The van der Waals surface area contributed by atoms with Crippen molar-refractivity contribution in [2.75, 3.05) is 7.05 Å². The summed E-state index contributed by atoms with van der Waals surface area (Å²) < 4.78 is 0. The van der Waals surface area contributed by atoms with Crippen molar-refractivity contribution in [1.82, 2.24) is 15.1 Å². The van der Waals surface area contributed by atoms with Crippen LogP contribution in [0.5, 0.6) is 0 Å². The molecule has 4 heteroatoms. The Morgan fingerprint density at radius 1 is 1.32 bits per heavy atom. The van der Waals surface area contributed by atoms with Gasteiger partial charge in [0.15, 0.2) is 0 Å². The Balaban J connectivity index is 1.79. The molecular weight excluding hydrogens is 254 g/mol. The second-order valence-corrected chi connectivity index (χ2v) is 6.50. The molecule has 3 rings (SSSR count). The minimum absolute atomic E-state index is 0.522. The lowest BCUT2D eigenvalue weighted by atomic mass is 9.87. The molecule has 0 amide bonds. The van der Waals surface area contributed by atoms with Crippen LogP contribution in [0.2, 0.25) is 0 Å². The van der Waals surface area contributed by atoms with E-state index in [0.717, 1.165) is 16.6 Å². The summed E-state index contributed by atoms with van der Waals surface area (Å²) in [6.07, 6.45) is 3.74. The number of rotatable bonds is 3. The topological polar surface area (TPSA) is 29.0 Å². The van der Waals surface area contributed by atoms with Crippen LogP contribution in [0.4, 0.5) is 0 Å². The van der Waals surface area contributed by atoms with Crippen LogP contribution in [0.1, 0.15) is 40.0 Å². The lowest BCUT2D eigenvalue weighted by Crippen LogP contribution is -2.27. The molecule has 100 valence electrons. The molecule has 0 bridgehead atoms. The quantitative estimate of drug-likeness (QED) is 0.858. The molecule has 0 aliphatic heterocycles. The van der Waals surface area contributed by atoms with E-state index in [1.165, 1.54) is 30.4 Å². The highest BCUT2D eigenvalue weighted by Gasteiger charge is 2.23. The van der Waals surface area contributed by atoms with E-state index >= 15 is 0 Å². The summed E-state index contributed by atoms with van der Waals surface area (Å²) in [7, 11) is 2.20. The monoisotopic (exact) mass is 273 g/mol. The second-order valence-electron chi connectivity index (χ2n) is 5.24. The smallest absolute Gasteiger partial charge is 0.131 e. The molecule has 0 spiro atoms. The predicted octanol–water partition coefficient (Wildman–Crippen LogP) is 3.36. The third kappa shape index (κ3) is 2.69. The van der Waals surface area contributed by atoms with Gasteiger partial charge in [-0.05, 0) is 44.4 Å². The van der Waals surface area contributed by atoms with E-state index in [4.69, 9.17) is 0 Å². The Hall–Kier alpha value is -1.26. The summed E-state index contributed by atoms with van der Waals surface area (Å²) in [5.41, 5.74) is 3.01. The second kappa shape index (κ2) is 5.39. The maximum atomic E-state index is 4.23. The first kappa shape index (κ1) is 12.8. The number of benzene rings is 1. The number of nitrogens with zero attached hydrogens (tertiary/aromatic N) is 3. The third-order valence-corrected chi connectivity index (χ3v) is 4.65.